The smallest absolute Gasteiger partial charge is 0.329 e. The molecule has 1 heterocycles. The third kappa shape index (κ3) is 5.23. The van der Waals surface area contributed by atoms with Crippen molar-refractivity contribution in [1.29, 1.82) is 0 Å². The number of carbonyl (C=O) groups excluding carboxylic acids is 1. The Labute approximate surface area is 185 Å². The highest BCUT2D eigenvalue weighted by Crippen LogP contribution is 2.31. The van der Waals surface area contributed by atoms with E-state index in [-0.39, 0.29) is 12.5 Å². The molecule has 0 amide bonds. The molecular formula is C23H24N2O3S2. The summed E-state index contributed by atoms with van der Waals surface area (Å²) in [5, 5.41) is 10.9. The Morgan fingerprint density at radius 1 is 1.23 bits per heavy atom. The quantitative estimate of drug-likeness (QED) is 0.291. The molecule has 3 rings (SSSR count). The Bertz CT molecular complexity index is 1100. The van der Waals surface area contributed by atoms with Gasteiger partial charge in [-0.1, -0.05) is 47.7 Å². The number of esters is 1. The van der Waals surface area contributed by atoms with Gasteiger partial charge in [0.15, 0.2) is 3.95 Å². The summed E-state index contributed by atoms with van der Waals surface area (Å²) in [5.41, 5.74) is 3.97. The summed E-state index contributed by atoms with van der Waals surface area (Å²) in [6.07, 6.45) is 1.96. The normalized spacial score (nSPS) is 12.2. The maximum absolute atomic E-state index is 12.7. The molecule has 0 aliphatic rings. The second-order valence-corrected chi connectivity index (χ2v) is 8.66. The fourth-order valence-corrected chi connectivity index (χ4v) is 4.55. The van der Waals surface area contributed by atoms with Crippen LogP contribution in [-0.2, 0) is 16.0 Å². The van der Waals surface area contributed by atoms with E-state index in [0.717, 1.165) is 22.4 Å². The van der Waals surface area contributed by atoms with Crippen molar-refractivity contribution in [2.45, 2.75) is 33.2 Å². The van der Waals surface area contributed by atoms with Crippen molar-refractivity contribution in [2.75, 3.05) is 6.61 Å². The standard InChI is InChI=1S/C23H24N2O3S2/c1-4-28-22(27)19(13-17-8-6-5-7-9-17)25-21(26)20(30-23(25)29)14-24-18-11-15(2)10-16(3)12-18/h5-12,14,19,26H,4,13H2,1-3H3. The van der Waals surface area contributed by atoms with Gasteiger partial charge in [0.2, 0.25) is 5.88 Å². The average molecular weight is 441 g/mol. The summed E-state index contributed by atoms with van der Waals surface area (Å²) < 4.78 is 7.12. The number of hydrogen-bond acceptors (Lipinski definition) is 6. The van der Waals surface area contributed by atoms with Gasteiger partial charge in [-0.2, -0.15) is 0 Å². The van der Waals surface area contributed by atoms with Crippen molar-refractivity contribution >= 4 is 41.4 Å². The predicted octanol–water partition coefficient (Wildman–Crippen LogP) is 5.70. The molecule has 1 N–H and O–H groups in total. The molecular weight excluding hydrogens is 416 g/mol. The van der Waals surface area contributed by atoms with Gasteiger partial charge in [0.1, 0.15) is 10.9 Å². The van der Waals surface area contributed by atoms with Gasteiger partial charge < -0.3 is 9.84 Å². The highest BCUT2D eigenvalue weighted by atomic mass is 32.1. The van der Waals surface area contributed by atoms with Crippen LogP contribution in [0.25, 0.3) is 0 Å². The van der Waals surface area contributed by atoms with Crippen LogP contribution in [0.3, 0.4) is 0 Å². The molecule has 1 aromatic heterocycles. The largest absolute Gasteiger partial charge is 0.493 e. The summed E-state index contributed by atoms with van der Waals surface area (Å²) in [6, 6.07) is 14.9. The molecule has 1 atom stereocenters. The lowest BCUT2D eigenvalue weighted by Gasteiger charge is -2.18. The molecule has 2 aromatic carbocycles. The van der Waals surface area contributed by atoms with E-state index < -0.39 is 12.0 Å². The number of rotatable bonds is 7. The van der Waals surface area contributed by atoms with Crippen LogP contribution in [0.1, 0.15) is 34.5 Å². The Morgan fingerprint density at radius 2 is 1.90 bits per heavy atom. The zero-order valence-electron chi connectivity index (χ0n) is 17.2. The molecule has 0 saturated heterocycles. The van der Waals surface area contributed by atoms with Gasteiger partial charge in [-0.15, -0.1) is 0 Å². The van der Waals surface area contributed by atoms with Crippen LogP contribution in [0.5, 0.6) is 5.88 Å². The van der Waals surface area contributed by atoms with E-state index in [1.165, 1.54) is 15.9 Å². The van der Waals surface area contributed by atoms with Gasteiger partial charge in [0.25, 0.3) is 0 Å². The second kappa shape index (κ2) is 9.82. The molecule has 30 heavy (non-hydrogen) atoms. The van der Waals surface area contributed by atoms with Crippen molar-refractivity contribution in [3.05, 3.63) is 74.1 Å². The highest BCUT2D eigenvalue weighted by molar-refractivity contribution is 7.73. The lowest BCUT2D eigenvalue weighted by atomic mass is 10.1. The molecule has 0 radical (unpaired) electrons. The summed E-state index contributed by atoms with van der Waals surface area (Å²) >= 11 is 6.69. The van der Waals surface area contributed by atoms with Crippen LogP contribution in [0.2, 0.25) is 0 Å². The molecule has 0 spiro atoms. The van der Waals surface area contributed by atoms with E-state index in [2.05, 4.69) is 11.1 Å². The SMILES string of the molecule is CCOC(=O)C(Cc1ccccc1)n1c(O)c(C=Nc2cc(C)cc(C)c2)sc1=S. The van der Waals surface area contributed by atoms with Gasteiger partial charge in [0, 0.05) is 6.42 Å². The predicted molar refractivity (Wildman–Crippen MR) is 124 cm³/mol. The number of ether oxygens (including phenoxy) is 1. The van der Waals surface area contributed by atoms with Crippen LogP contribution in [-0.4, -0.2) is 28.5 Å². The van der Waals surface area contributed by atoms with Crippen molar-refractivity contribution in [1.82, 2.24) is 4.57 Å². The highest BCUT2D eigenvalue weighted by Gasteiger charge is 2.27. The van der Waals surface area contributed by atoms with E-state index in [1.54, 1.807) is 13.1 Å². The summed E-state index contributed by atoms with van der Waals surface area (Å²) in [5.74, 6) is -0.504. The summed E-state index contributed by atoms with van der Waals surface area (Å²) in [6.45, 7) is 6.03. The summed E-state index contributed by atoms with van der Waals surface area (Å²) in [7, 11) is 0. The average Bonchev–Trinajstić information content (AvgIpc) is 2.98. The molecule has 5 nitrogen and oxygen atoms in total. The Balaban J connectivity index is 1.97. The third-order valence-corrected chi connectivity index (χ3v) is 5.85. The Kier molecular flexibility index (Phi) is 7.18. The number of thiazole rings is 1. The molecule has 0 aliphatic heterocycles. The second-order valence-electron chi connectivity index (χ2n) is 6.99. The minimum Gasteiger partial charge on any atom is -0.493 e. The molecule has 3 aromatic rings. The minimum absolute atomic E-state index is 0.0768. The van der Waals surface area contributed by atoms with Gasteiger partial charge in [-0.25, -0.2) is 4.79 Å². The molecule has 1 unspecified atom stereocenters. The number of aromatic hydroxyl groups is 1. The molecule has 0 saturated carbocycles. The van der Waals surface area contributed by atoms with Crippen molar-refractivity contribution in [2.24, 2.45) is 4.99 Å². The fourth-order valence-electron chi connectivity index (χ4n) is 3.27. The molecule has 0 aliphatic carbocycles. The lowest BCUT2D eigenvalue weighted by molar-refractivity contribution is -0.147. The third-order valence-electron chi connectivity index (χ3n) is 4.52. The maximum Gasteiger partial charge on any atom is 0.329 e. The van der Waals surface area contributed by atoms with Crippen molar-refractivity contribution in [3.8, 4) is 5.88 Å². The molecule has 156 valence electrons. The molecule has 0 fully saturated rings. The number of nitrogens with zero attached hydrogens (tertiary/aromatic N) is 2. The van der Waals surface area contributed by atoms with Crippen LogP contribution in [0, 0.1) is 17.8 Å². The number of hydrogen-bond donors (Lipinski definition) is 1. The Hall–Kier alpha value is -2.77. The number of carbonyl (C=O) groups is 1. The molecule has 0 bridgehead atoms. The van der Waals surface area contributed by atoms with E-state index >= 15 is 0 Å². The maximum atomic E-state index is 12.7. The monoisotopic (exact) mass is 440 g/mol. The first-order valence-electron chi connectivity index (χ1n) is 9.66. The fraction of sp³-hybridized carbons (Fsp3) is 0.261. The van der Waals surface area contributed by atoms with E-state index in [4.69, 9.17) is 17.0 Å². The van der Waals surface area contributed by atoms with Gasteiger partial charge in [-0.05, 0) is 61.8 Å². The van der Waals surface area contributed by atoms with E-state index in [9.17, 15) is 9.90 Å². The first-order chi connectivity index (χ1) is 14.4. The number of benzene rings is 2. The van der Waals surface area contributed by atoms with E-state index in [1.807, 2.05) is 56.3 Å². The number of aromatic nitrogens is 1. The van der Waals surface area contributed by atoms with Crippen LogP contribution in [0.15, 0.2) is 53.5 Å². The summed E-state index contributed by atoms with van der Waals surface area (Å²) in [4.78, 5) is 17.7. The Morgan fingerprint density at radius 3 is 2.53 bits per heavy atom. The first-order valence-corrected chi connectivity index (χ1v) is 10.9. The van der Waals surface area contributed by atoms with Crippen LogP contribution in [0.4, 0.5) is 5.69 Å². The first kappa shape index (κ1) is 21.9. The zero-order chi connectivity index (χ0) is 21.7. The number of aliphatic imine (C=N–C) groups is 1. The van der Waals surface area contributed by atoms with Crippen molar-refractivity contribution < 1.29 is 14.6 Å². The van der Waals surface area contributed by atoms with Crippen LogP contribution >= 0.6 is 23.6 Å². The van der Waals surface area contributed by atoms with Crippen molar-refractivity contribution in [3.63, 3.8) is 0 Å². The van der Waals surface area contributed by atoms with Gasteiger partial charge in [-0.3, -0.25) is 9.56 Å². The van der Waals surface area contributed by atoms with Crippen LogP contribution < -0.4 is 0 Å². The zero-order valence-corrected chi connectivity index (χ0v) is 18.8. The van der Waals surface area contributed by atoms with Gasteiger partial charge >= 0.3 is 5.97 Å². The van der Waals surface area contributed by atoms with E-state index in [0.29, 0.717) is 15.3 Å². The topological polar surface area (TPSA) is 63.8 Å². The number of aryl methyl sites for hydroxylation is 2. The lowest BCUT2D eigenvalue weighted by Crippen LogP contribution is -2.24. The minimum atomic E-state index is -0.750. The molecule has 7 heteroatoms. The van der Waals surface area contributed by atoms with Gasteiger partial charge in [0.05, 0.1) is 18.5 Å².